The van der Waals surface area contributed by atoms with Gasteiger partial charge in [0.1, 0.15) is 12.4 Å². The van der Waals surface area contributed by atoms with Gasteiger partial charge in [0.25, 0.3) is 5.69 Å². The van der Waals surface area contributed by atoms with Crippen molar-refractivity contribution in [2.45, 2.75) is 13.5 Å². The average Bonchev–Trinajstić information content (AvgIpc) is 3.11. The maximum Gasteiger partial charge on any atom is 0.340 e. The van der Waals surface area contributed by atoms with E-state index in [2.05, 4.69) is 5.32 Å². The summed E-state index contributed by atoms with van der Waals surface area (Å²) < 4.78 is 12.4. The van der Waals surface area contributed by atoms with Gasteiger partial charge in [-0.15, -0.1) is 0 Å². The number of aromatic hydroxyl groups is 1. The largest absolute Gasteiger partial charge is 0.507 e. The zero-order valence-electron chi connectivity index (χ0n) is 18.9. The van der Waals surface area contributed by atoms with Crippen LogP contribution in [0.1, 0.15) is 16.1 Å². The molecular formula is C25H25N3O6. The van der Waals surface area contributed by atoms with Gasteiger partial charge in [-0.3, -0.25) is 10.1 Å². The predicted molar refractivity (Wildman–Crippen MR) is 130 cm³/mol. The van der Waals surface area contributed by atoms with Crippen LogP contribution in [0.5, 0.6) is 5.75 Å². The van der Waals surface area contributed by atoms with Crippen LogP contribution in [-0.2, 0) is 16.0 Å². The lowest BCUT2D eigenvalue weighted by molar-refractivity contribution is -0.384. The number of nitrogens with one attached hydrogen (secondary N) is 1. The Hall–Kier alpha value is -4.11. The fourth-order valence-corrected chi connectivity index (χ4v) is 4.16. The molecule has 3 aromatic carbocycles. The third kappa shape index (κ3) is 4.38. The number of hydrogen-bond acceptors (Lipinski definition) is 7. The summed E-state index contributed by atoms with van der Waals surface area (Å²) >= 11 is 0. The highest BCUT2D eigenvalue weighted by Gasteiger charge is 2.24. The van der Waals surface area contributed by atoms with E-state index in [1.807, 2.05) is 35.8 Å². The summed E-state index contributed by atoms with van der Waals surface area (Å²) in [4.78, 5) is 23.4. The standard InChI is InChI=1S/C25H25N3O6/c1-16-23(25(30)34-14-13-33-2)21-15-22(29)19-5-3-4-6-20(19)24(21)27(16)12-11-26-17-7-9-18(10-8-17)28(31)32/h3-10,15,26,29H,11-14H2,1-2H3. The highest BCUT2D eigenvalue weighted by molar-refractivity contribution is 6.16. The predicted octanol–water partition coefficient (Wildman–Crippen LogP) is 4.63. The lowest BCUT2D eigenvalue weighted by Crippen LogP contribution is -2.14. The summed E-state index contributed by atoms with van der Waals surface area (Å²) in [6, 6.07) is 15.3. The van der Waals surface area contributed by atoms with Crippen molar-refractivity contribution in [2.75, 3.05) is 32.2 Å². The van der Waals surface area contributed by atoms with E-state index < -0.39 is 10.9 Å². The van der Waals surface area contributed by atoms with Crippen LogP contribution in [0.3, 0.4) is 0 Å². The molecule has 0 radical (unpaired) electrons. The van der Waals surface area contributed by atoms with Crippen molar-refractivity contribution in [1.82, 2.24) is 4.57 Å². The van der Waals surface area contributed by atoms with Gasteiger partial charge in [-0.1, -0.05) is 24.3 Å². The molecule has 34 heavy (non-hydrogen) atoms. The molecule has 9 heteroatoms. The normalized spacial score (nSPS) is 11.1. The number of ether oxygens (including phenoxy) is 2. The Morgan fingerprint density at radius 1 is 1.09 bits per heavy atom. The summed E-state index contributed by atoms with van der Waals surface area (Å²) in [5.41, 5.74) is 2.73. The van der Waals surface area contributed by atoms with Crippen LogP contribution in [0.15, 0.2) is 54.6 Å². The van der Waals surface area contributed by atoms with E-state index in [4.69, 9.17) is 9.47 Å². The molecule has 0 fully saturated rings. The van der Waals surface area contributed by atoms with E-state index in [0.29, 0.717) is 29.4 Å². The number of benzene rings is 3. The molecular weight excluding hydrogens is 438 g/mol. The molecule has 0 saturated heterocycles. The van der Waals surface area contributed by atoms with Crippen molar-refractivity contribution in [2.24, 2.45) is 0 Å². The molecule has 1 heterocycles. The number of carbonyl (C=O) groups excluding carboxylic acids is 1. The van der Waals surface area contributed by atoms with Gasteiger partial charge in [-0.25, -0.2) is 4.79 Å². The summed E-state index contributed by atoms with van der Waals surface area (Å²) in [7, 11) is 1.53. The first-order chi connectivity index (χ1) is 16.4. The maximum absolute atomic E-state index is 13.0. The van der Waals surface area contributed by atoms with Crippen molar-refractivity contribution in [1.29, 1.82) is 0 Å². The molecule has 0 aliphatic rings. The van der Waals surface area contributed by atoms with Gasteiger partial charge >= 0.3 is 5.97 Å². The van der Waals surface area contributed by atoms with Crippen molar-refractivity contribution in [3.05, 3.63) is 76.0 Å². The zero-order valence-corrected chi connectivity index (χ0v) is 18.9. The number of phenols is 1. The van der Waals surface area contributed by atoms with Gasteiger partial charge in [0.15, 0.2) is 0 Å². The number of esters is 1. The molecule has 0 bridgehead atoms. The number of fused-ring (bicyclic) bond motifs is 3. The van der Waals surface area contributed by atoms with Crippen LogP contribution in [0.2, 0.25) is 0 Å². The van der Waals surface area contributed by atoms with Crippen LogP contribution in [0.4, 0.5) is 11.4 Å². The average molecular weight is 463 g/mol. The Morgan fingerprint density at radius 2 is 1.79 bits per heavy atom. The molecule has 0 saturated carbocycles. The van der Waals surface area contributed by atoms with E-state index >= 15 is 0 Å². The van der Waals surface area contributed by atoms with Crippen molar-refractivity contribution >= 4 is 39.0 Å². The fourth-order valence-electron chi connectivity index (χ4n) is 4.16. The third-order valence-electron chi connectivity index (χ3n) is 5.77. The van der Waals surface area contributed by atoms with E-state index in [0.717, 1.165) is 22.3 Å². The number of nitrogens with zero attached hydrogens (tertiary/aromatic N) is 2. The van der Waals surface area contributed by atoms with Crippen molar-refractivity contribution in [3.8, 4) is 5.75 Å². The number of non-ortho nitro benzene ring substituents is 1. The molecule has 2 N–H and O–H groups in total. The first kappa shape index (κ1) is 23.1. The number of nitro benzene ring substituents is 1. The van der Waals surface area contributed by atoms with Gasteiger partial charge in [-0.2, -0.15) is 0 Å². The second-order valence-corrected chi connectivity index (χ2v) is 7.81. The topological polar surface area (TPSA) is 116 Å². The minimum atomic E-state index is -0.476. The van der Waals surface area contributed by atoms with Crippen LogP contribution in [0, 0.1) is 17.0 Å². The lowest BCUT2D eigenvalue weighted by Gasteiger charge is -2.12. The monoisotopic (exact) mass is 463 g/mol. The number of methoxy groups -OCH3 is 1. The summed E-state index contributed by atoms with van der Waals surface area (Å²) in [6.07, 6.45) is 0. The molecule has 0 atom stereocenters. The van der Waals surface area contributed by atoms with E-state index in [1.165, 1.54) is 19.2 Å². The maximum atomic E-state index is 13.0. The minimum Gasteiger partial charge on any atom is -0.507 e. The van der Waals surface area contributed by atoms with Gasteiger partial charge < -0.3 is 24.5 Å². The lowest BCUT2D eigenvalue weighted by atomic mass is 10.0. The fraction of sp³-hybridized carbons (Fsp3) is 0.240. The minimum absolute atomic E-state index is 0.0284. The summed E-state index contributed by atoms with van der Waals surface area (Å²) in [5, 5.41) is 26.9. The molecule has 0 unspecified atom stereocenters. The SMILES string of the molecule is COCCOC(=O)c1c(C)n(CCNc2ccc([N+](=O)[O-])cc2)c2c1cc(O)c1ccccc12. The quantitative estimate of drug-likeness (QED) is 0.161. The van der Waals surface area contributed by atoms with Crippen LogP contribution in [-0.4, -0.2) is 47.4 Å². The summed E-state index contributed by atoms with van der Waals surface area (Å²) in [5.74, 6) is -0.383. The van der Waals surface area contributed by atoms with E-state index in [1.54, 1.807) is 18.2 Å². The van der Waals surface area contributed by atoms with Crippen molar-refractivity contribution in [3.63, 3.8) is 0 Å². The zero-order chi connectivity index (χ0) is 24.2. The molecule has 9 nitrogen and oxygen atoms in total. The second kappa shape index (κ2) is 9.80. The smallest absolute Gasteiger partial charge is 0.340 e. The van der Waals surface area contributed by atoms with Gasteiger partial charge in [0.2, 0.25) is 0 Å². The van der Waals surface area contributed by atoms with Crippen LogP contribution < -0.4 is 5.32 Å². The number of carbonyl (C=O) groups is 1. The van der Waals surface area contributed by atoms with Gasteiger partial charge in [0.05, 0.1) is 22.6 Å². The van der Waals surface area contributed by atoms with Crippen LogP contribution in [0.25, 0.3) is 21.7 Å². The second-order valence-electron chi connectivity index (χ2n) is 7.81. The summed E-state index contributed by atoms with van der Waals surface area (Å²) in [6.45, 7) is 3.29. The Labute approximate surface area is 195 Å². The number of anilines is 1. The Bertz CT molecular complexity index is 1360. The highest BCUT2D eigenvalue weighted by atomic mass is 16.6. The van der Waals surface area contributed by atoms with Gasteiger partial charge in [-0.05, 0) is 25.1 Å². The third-order valence-corrected chi connectivity index (χ3v) is 5.77. The van der Waals surface area contributed by atoms with Gasteiger partial charge in [0, 0.05) is 59.9 Å². The first-order valence-electron chi connectivity index (χ1n) is 10.8. The Balaban J connectivity index is 1.71. The molecule has 0 spiro atoms. The number of nitro groups is 1. The van der Waals surface area contributed by atoms with E-state index in [9.17, 15) is 20.0 Å². The van der Waals surface area contributed by atoms with Crippen molar-refractivity contribution < 1.29 is 24.3 Å². The molecule has 4 rings (SSSR count). The molecule has 0 amide bonds. The van der Waals surface area contributed by atoms with E-state index in [-0.39, 0.29) is 24.7 Å². The highest BCUT2D eigenvalue weighted by Crippen LogP contribution is 2.37. The Morgan fingerprint density at radius 3 is 2.47 bits per heavy atom. The molecule has 0 aliphatic carbocycles. The number of aromatic nitrogens is 1. The molecule has 4 aromatic rings. The number of hydrogen-bond donors (Lipinski definition) is 2. The molecule has 176 valence electrons. The Kier molecular flexibility index (Phi) is 6.65. The molecule has 1 aromatic heterocycles. The number of rotatable bonds is 9. The first-order valence-corrected chi connectivity index (χ1v) is 10.8. The number of phenolic OH excluding ortho intramolecular Hbond substituents is 1. The molecule has 0 aliphatic heterocycles. The van der Waals surface area contributed by atoms with Crippen LogP contribution >= 0.6 is 0 Å².